The number of hydrogen-bond donors (Lipinski definition) is 1. The van der Waals surface area contributed by atoms with Crippen LogP contribution in [0.25, 0.3) is 16.5 Å². The van der Waals surface area contributed by atoms with Gasteiger partial charge in [-0.3, -0.25) is 14.5 Å². The lowest BCUT2D eigenvalue weighted by Crippen LogP contribution is -2.29. The number of carbonyl (C=O) groups excluding carboxylic acids is 2. The molecular weight excluding hydrogens is 430 g/mol. The Morgan fingerprint density at radius 3 is 2.39 bits per heavy atom. The first-order chi connectivity index (χ1) is 15.1. The highest BCUT2D eigenvalue weighted by atomic mass is 35.5. The molecule has 1 atom stereocenters. The van der Waals surface area contributed by atoms with Crippen molar-refractivity contribution in [2.75, 3.05) is 4.90 Å². The summed E-state index contributed by atoms with van der Waals surface area (Å²) in [5.41, 5.74) is 1.14. The number of aliphatic hydroxyl groups is 1. The van der Waals surface area contributed by atoms with Crippen molar-refractivity contribution in [1.29, 1.82) is 0 Å². The quantitative estimate of drug-likeness (QED) is 0.232. The number of nitrogens with zero attached hydrogens (tertiary/aromatic N) is 1. The highest BCUT2D eigenvalue weighted by Crippen LogP contribution is 2.45. The van der Waals surface area contributed by atoms with Crippen molar-refractivity contribution >= 4 is 56.8 Å². The summed E-state index contributed by atoms with van der Waals surface area (Å²) in [5.74, 6) is -1.58. The Labute approximate surface area is 187 Å². The fourth-order valence-electron chi connectivity index (χ4n) is 3.98. The van der Waals surface area contributed by atoms with Crippen LogP contribution in [0.2, 0.25) is 5.02 Å². The maximum Gasteiger partial charge on any atom is 0.300 e. The van der Waals surface area contributed by atoms with Gasteiger partial charge >= 0.3 is 0 Å². The Bertz CT molecular complexity index is 1340. The minimum atomic E-state index is -0.721. The highest BCUT2D eigenvalue weighted by molar-refractivity contribution is 7.10. The number of aliphatic hydroxyl groups excluding tert-OH is 1. The molecule has 1 amide bonds. The maximum atomic E-state index is 13.3. The molecule has 0 spiro atoms. The summed E-state index contributed by atoms with van der Waals surface area (Å²) >= 11 is 7.41. The summed E-state index contributed by atoms with van der Waals surface area (Å²) in [6.45, 7) is 0. The lowest BCUT2D eigenvalue weighted by molar-refractivity contribution is -0.132. The minimum Gasteiger partial charge on any atom is -0.507 e. The molecule has 5 rings (SSSR count). The Morgan fingerprint density at radius 1 is 0.903 bits per heavy atom. The molecule has 1 N–H and O–H groups in total. The van der Waals surface area contributed by atoms with Gasteiger partial charge in [0.05, 0.1) is 11.3 Å². The molecule has 2 heterocycles. The second-order valence-corrected chi connectivity index (χ2v) is 8.61. The zero-order chi connectivity index (χ0) is 21.5. The fraction of sp³-hybridized carbons (Fsp3) is 0.0400. The number of rotatable bonds is 3. The van der Waals surface area contributed by atoms with Gasteiger partial charge < -0.3 is 5.11 Å². The van der Waals surface area contributed by atoms with Gasteiger partial charge in [-0.05, 0) is 47.2 Å². The summed E-state index contributed by atoms with van der Waals surface area (Å²) in [4.78, 5) is 28.7. The predicted molar refractivity (Wildman–Crippen MR) is 125 cm³/mol. The Balaban J connectivity index is 1.76. The molecule has 6 heteroatoms. The molecule has 4 nitrogen and oxygen atoms in total. The first-order valence-electron chi connectivity index (χ1n) is 9.64. The van der Waals surface area contributed by atoms with Gasteiger partial charge in [0.2, 0.25) is 0 Å². The van der Waals surface area contributed by atoms with Crippen LogP contribution in [0.3, 0.4) is 0 Å². The van der Waals surface area contributed by atoms with Gasteiger partial charge in [0, 0.05) is 20.8 Å². The molecular formula is C25H16ClNO3S. The van der Waals surface area contributed by atoms with Gasteiger partial charge in [-0.15, -0.1) is 11.3 Å². The number of thiophene rings is 1. The number of fused-ring (bicyclic) bond motifs is 1. The van der Waals surface area contributed by atoms with E-state index in [0.29, 0.717) is 16.3 Å². The lowest BCUT2D eigenvalue weighted by atomic mass is 9.99. The van der Waals surface area contributed by atoms with E-state index in [2.05, 4.69) is 0 Å². The molecule has 0 radical (unpaired) electrons. The van der Waals surface area contributed by atoms with Crippen molar-refractivity contribution in [1.82, 2.24) is 0 Å². The van der Waals surface area contributed by atoms with E-state index < -0.39 is 17.7 Å². The van der Waals surface area contributed by atoms with E-state index in [1.54, 1.807) is 24.3 Å². The molecule has 4 aromatic rings. The monoisotopic (exact) mass is 445 g/mol. The van der Waals surface area contributed by atoms with Crippen molar-refractivity contribution in [3.63, 3.8) is 0 Å². The van der Waals surface area contributed by atoms with Gasteiger partial charge in [0.1, 0.15) is 11.8 Å². The molecule has 0 aliphatic carbocycles. The van der Waals surface area contributed by atoms with Gasteiger partial charge in [0.15, 0.2) is 0 Å². The van der Waals surface area contributed by atoms with Crippen LogP contribution in [0.15, 0.2) is 89.8 Å². The minimum absolute atomic E-state index is 0.0720. The SMILES string of the molecule is O=C1C(=O)N(c2cccc3ccccc23)C(c2cccs2)/C1=C(/O)c1ccc(Cl)cc1. The summed E-state index contributed by atoms with van der Waals surface area (Å²) in [7, 11) is 0. The van der Waals surface area contributed by atoms with Crippen LogP contribution in [0, 0.1) is 0 Å². The molecule has 1 fully saturated rings. The second-order valence-electron chi connectivity index (χ2n) is 7.19. The molecule has 3 aromatic carbocycles. The summed E-state index contributed by atoms with van der Waals surface area (Å²) < 4.78 is 0. The molecule has 152 valence electrons. The van der Waals surface area contributed by atoms with Gasteiger partial charge in [-0.1, -0.05) is 54.1 Å². The topological polar surface area (TPSA) is 57.6 Å². The van der Waals surface area contributed by atoms with E-state index >= 15 is 0 Å². The normalized spacial score (nSPS) is 18.1. The van der Waals surface area contributed by atoms with Crippen LogP contribution in [0.4, 0.5) is 5.69 Å². The van der Waals surface area contributed by atoms with Gasteiger partial charge in [0.25, 0.3) is 11.7 Å². The van der Waals surface area contributed by atoms with E-state index in [4.69, 9.17) is 11.6 Å². The first kappa shape index (κ1) is 19.5. The molecule has 1 saturated heterocycles. The fourth-order valence-corrected chi connectivity index (χ4v) is 4.93. The van der Waals surface area contributed by atoms with Crippen LogP contribution in [0.5, 0.6) is 0 Å². The number of carbonyl (C=O) groups is 2. The molecule has 0 saturated carbocycles. The van der Waals surface area contributed by atoms with Crippen molar-refractivity contribution in [3.8, 4) is 0 Å². The van der Waals surface area contributed by atoms with E-state index in [9.17, 15) is 14.7 Å². The number of Topliss-reactive ketones (excluding diaryl/α,β-unsaturated/α-hetero) is 1. The number of benzene rings is 3. The molecule has 1 aromatic heterocycles. The van der Waals surface area contributed by atoms with Crippen molar-refractivity contribution in [2.45, 2.75) is 6.04 Å². The van der Waals surface area contributed by atoms with E-state index in [0.717, 1.165) is 15.6 Å². The van der Waals surface area contributed by atoms with Crippen LogP contribution in [0.1, 0.15) is 16.5 Å². The van der Waals surface area contributed by atoms with Crippen molar-refractivity contribution in [2.24, 2.45) is 0 Å². The zero-order valence-electron chi connectivity index (χ0n) is 16.2. The maximum absolute atomic E-state index is 13.3. The molecule has 1 aliphatic rings. The number of ketones is 1. The summed E-state index contributed by atoms with van der Waals surface area (Å²) in [5, 5.41) is 15.3. The first-order valence-corrected chi connectivity index (χ1v) is 10.9. The number of amides is 1. The van der Waals surface area contributed by atoms with Crippen molar-refractivity contribution in [3.05, 3.63) is 105 Å². The van der Waals surface area contributed by atoms with Crippen LogP contribution in [-0.2, 0) is 9.59 Å². The lowest BCUT2D eigenvalue weighted by Gasteiger charge is -2.25. The Kier molecular flexibility index (Phi) is 4.85. The molecule has 1 aliphatic heterocycles. The number of hydrogen-bond acceptors (Lipinski definition) is 4. The smallest absolute Gasteiger partial charge is 0.300 e. The zero-order valence-corrected chi connectivity index (χ0v) is 17.7. The number of anilines is 1. The average molecular weight is 446 g/mol. The number of halogens is 1. The van der Waals surface area contributed by atoms with Gasteiger partial charge in [-0.25, -0.2) is 0 Å². The van der Waals surface area contributed by atoms with Crippen LogP contribution in [-0.4, -0.2) is 16.8 Å². The van der Waals surface area contributed by atoms with Crippen LogP contribution < -0.4 is 4.90 Å². The van der Waals surface area contributed by atoms with Gasteiger partial charge in [-0.2, -0.15) is 0 Å². The van der Waals surface area contributed by atoms with Crippen molar-refractivity contribution < 1.29 is 14.7 Å². The average Bonchev–Trinajstić information content (AvgIpc) is 3.41. The largest absolute Gasteiger partial charge is 0.507 e. The van der Waals surface area contributed by atoms with E-state index in [-0.39, 0.29) is 11.3 Å². The van der Waals surface area contributed by atoms with Crippen LogP contribution >= 0.6 is 22.9 Å². The molecule has 0 bridgehead atoms. The Morgan fingerprint density at radius 2 is 1.65 bits per heavy atom. The summed E-state index contributed by atoms with van der Waals surface area (Å²) in [6.07, 6.45) is 0. The third-order valence-electron chi connectivity index (χ3n) is 5.40. The molecule has 1 unspecified atom stereocenters. The Hall–Kier alpha value is -3.41. The standard InChI is InChI=1S/C25H16ClNO3S/c26-17-12-10-16(11-13-17)23(28)21-22(20-9-4-14-31-20)27(25(30)24(21)29)19-8-3-6-15-5-1-2-7-18(15)19/h1-14,22,28H/b23-21-. The predicted octanol–water partition coefficient (Wildman–Crippen LogP) is 6.18. The molecule has 31 heavy (non-hydrogen) atoms. The third-order valence-corrected chi connectivity index (χ3v) is 6.58. The summed E-state index contributed by atoms with van der Waals surface area (Å²) in [6, 6.07) is 22.9. The highest BCUT2D eigenvalue weighted by Gasteiger charge is 2.47. The third kappa shape index (κ3) is 3.23. The van der Waals surface area contributed by atoms with E-state index in [1.807, 2.05) is 60.0 Å². The van der Waals surface area contributed by atoms with E-state index in [1.165, 1.54) is 16.2 Å². The second kappa shape index (κ2) is 7.69.